The minimum Gasteiger partial charge on any atom is -0.259 e. The smallest absolute Gasteiger partial charge is 0.259 e. The van der Waals surface area contributed by atoms with E-state index in [0.717, 1.165) is 28.8 Å². The number of rotatable bonds is 4. The Morgan fingerprint density at radius 1 is 0.862 bits per heavy atom. The van der Waals surface area contributed by atoms with Crippen LogP contribution in [0.3, 0.4) is 0 Å². The zero-order valence-corrected chi connectivity index (χ0v) is 17.9. The lowest BCUT2D eigenvalue weighted by Crippen LogP contribution is -2.40. The van der Waals surface area contributed by atoms with E-state index in [1.165, 1.54) is 0 Å². The van der Waals surface area contributed by atoms with Crippen LogP contribution in [0.4, 0.5) is 5.69 Å². The second-order valence-electron chi connectivity index (χ2n) is 8.19. The van der Waals surface area contributed by atoms with Crippen molar-refractivity contribution in [2.24, 2.45) is 5.92 Å². The van der Waals surface area contributed by atoms with Gasteiger partial charge in [-0.2, -0.15) is 0 Å². The molecule has 1 aliphatic heterocycles. The minimum atomic E-state index is -3.71. The molecule has 3 aromatic carbocycles. The van der Waals surface area contributed by atoms with E-state index in [1.807, 2.05) is 67.6 Å². The van der Waals surface area contributed by atoms with Gasteiger partial charge < -0.3 is 0 Å². The van der Waals surface area contributed by atoms with Gasteiger partial charge in [0.05, 0.1) is 16.6 Å². The van der Waals surface area contributed by atoms with Crippen LogP contribution in [-0.2, 0) is 10.0 Å². The van der Waals surface area contributed by atoms with Crippen LogP contribution >= 0.6 is 0 Å². The van der Waals surface area contributed by atoms with Gasteiger partial charge in [-0.3, -0.25) is 4.31 Å². The Morgan fingerprint density at radius 2 is 1.48 bits per heavy atom. The lowest BCUT2D eigenvalue weighted by Gasteiger charge is -2.42. The van der Waals surface area contributed by atoms with Gasteiger partial charge in [-0.15, -0.1) is 0 Å². The van der Waals surface area contributed by atoms with Crippen LogP contribution in [0.5, 0.6) is 0 Å². The lowest BCUT2D eigenvalue weighted by molar-refractivity contribution is 0.414. The highest BCUT2D eigenvalue weighted by Gasteiger charge is 2.41. The van der Waals surface area contributed by atoms with Crippen molar-refractivity contribution in [1.29, 1.82) is 0 Å². The van der Waals surface area contributed by atoms with Gasteiger partial charge in [0.15, 0.2) is 0 Å². The summed E-state index contributed by atoms with van der Waals surface area (Å²) in [5, 5.41) is 0. The summed E-state index contributed by atoms with van der Waals surface area (Å²) in [5.41, 5.74) is 3.99. The Labute approximate surface area is 174 Å². The number of fused-ring (bicyclic) bond motifs is 1. The molecule has 0 aromatic heterocycles. The van der Waals surface area contributed by atoms with E-state index in [1.54, 1.807) is 16.4 Å². The SMILES string of the molecule is Cc1ccc(S(=O)(=O)N2c3ccccc3[C@@H](C(C)C)C[C@H]2c2ccccc2)cc1. The standard InChI is InChI=1S/C25H27NO2S/c1-18(2)23-17-25(20-9-5-4-6-10-20)26(24-12-8-7-11-22(23)24)29(27,28)21-15-13-19(3)14-16-21/h4-16,18,23,25H,17H2,1-3H3/t23-,25+/m1/s1. The maximum Gasteiger partial charge on any atom is 0.264 e. The number of aryl methyl sites for hydroxylation is 1. The molecule has 2 atom stereocenters. The first-order valence-corrected chi connectivity index (χ1v) is 11.6. The fourth-order valence-electron chi connectivity index (χ4n) is 4.33. The highest BCUT2D eigenvalue weighted by atomic mass is 32.2. The van der Waals surface area contributed by atoms with Gasteiger partial charge in [-0.05, 0) is 54.5 Å². The van der Waals surface area contributed by atoms with Gasteiger partial charge in [0.25, 0.3) is 10.0 Å². The van der Waals surface area contributed by atoms with Crippen molar-refractivity contribution < 1.29 is 8.42 Å². The molecule has 0 bridgehead atoms. The lowest BCUT2D eigenvalue weighted by atomic mass is 9.78. The third-order valence-corrected chi connectivity index (χ3v) is 7.74. The molecule has 0 spiro atoms. The molecule has 4 heteroatoms. The molecule has 3 nitrogen and oxygen atoms in total. The Balaban J connectivity index is 1.93. The molecule has 1 heterocycles. The first-order chi connectivity index (χ1) is 13.9. The number of benzene rings is 3. The van der Waals surface area contributed by atoms with Crippen molar-refractivity contribution in [1.82, 2.24) is 0 Å². The monoisotopic (exact) mass is 405 g/mol. The molecule has 0 unspecified atom stereocenters. The second-order valence-corrected chi connectivity index (χ2v) is 10.0. The summed E-state index contributed by atoms with van der Waals surface area (Å²) in [7, 11) is -3.71. The predicted octanol–water partition coefficient (Wildman–Crippen LogP) is 6.07. The van der Waals surface area contributed by atoms with Crippen molar-refractivity contribution in [3.05, 3.63) is 95.6 Å². The predicted molar refractivity (Wildman–Crippen MR) is 119 cm³/mol. The Hall–Kier alpha value is -2.59. The van der Waals surface area contributed by atoms with E-state index in [-0.39, 0.29) is 6.04 Å². The maximum absolute atomic E-state index is 13.8. The Kier molecular flexibility index (Phi) is 5.22. The van der Waals surface area contributed by atoms with Crippen LogP contribution in [0.25, 0.3) is 0 Å². The average molecular weight is 406 g/mol. The Bertz CT molecular complexity index is 1090. The van der Waals surface area contributed by atoms with Crippen molar-refractivity contribution in [2.45, 2.75) is 44.0 Å². The summed E-state index contributed by atoms with van der Waals surface area (Å²) in [6.45, 7) is 6.40. The first kappa shape index (κ1) is 19.7. The molecular formula is C25H27NO2S. The zero-order chi connectivity index (χ0) is 20.6. The molecule has 0 N–H and O–H groups in total. The fraction of sp³-hybridized carbons (Fsp3) is 0.280. The summed E-state index contributed by atoms with van der Waals surface area (Å²) in [5.74, 6) is 0.729. The summed E-state index contributed by atoms with van der Waals surface area (Å²) in [4.78, 5) is 0.335. The Morgan fingerprint density at radius 3 is 2.14 bits per heavy atom. The van der Waals surface area contributed by atoms with Crippen LogP contribution in [0.1, 0.15) is 48.9 Å². The largest absolute Gasteiger partial charge is 0.264 e. The van der Waals surface area contributed by atoms with Gasteiger partial charge in [-0.1, -0.05) is 80.1 Å². The first-order valence-electron chi connectivity index (χ1n) is 10.1. The maximum atomic E-state index is 13.8. The molecule has 0 saturated carbocycles. The van der Waals surface area contributed by atoms with Crippen molar-refractivity contribution in [3.8, 4) is 0 Å². The second kappa shape index (κ2) is 7.68. The quantitative estimate of drug-likeness (QED) is 0.528. The van der Waals surface area contributed by atoms with E-state index in [4.69, 9.17) is 0 Å². The number of hydrogen-bond donors (Lipinski definition) is 0. The van der Waals surface area contributed by atoms with Crippen molar-refractivity contribution in [3.63, 3.8) is 0 Å². The third-order valence-electron chi connectivity index (χ3n) is 5.90. The van der Waals surface area contributed by atoms with Crippen LogP contribution < -0.4 is 4.31 Å². The molecule has 0 aliphatic carbocycles. The molecule has 0 saturated heterocycles. The van der Waals surface area contributed by atoms with Crippen LogP contribution in [-0.4, -0.2) is 8.42 Å². The normalized spacial score (nSPS) is 19.2. The van der Waals surface area contributed by atoms with Gasteiger partial charge in [0, 0.05) is 0 Å². The van der Waals surface area contributed by atoms with Gasteiger partial charge in [0.1, 0.15) is 0 Å². The number of anilines is 1. The summed E-state index contributed by atoms with van der Waals surface area (Å²) in [6, 6.07) is 24.9. The van der Waals surface area contributed by atoms with E-state index < -0.39 is 10.0 Å². The van der Waals surface area contributed by atoms with Crippen LogP contribution in [0, 0.1) is 12.8 Å². The summed E-state index contributed by atoms with van der Waals surface area (Å²) in [6.07, 6.45) is 0.768. The summed E-state index contributed by atoms with van der Waals surface area (Å²) >= 11 is 0. The van der Waals surface area contributed by atoms with Crippen LogP contribution in [0.15, 0.2) is 83.8 Å². The molecule has 1 aliphatic rings. The van der Waals surface area contributed by atoms with Crippen molar-refractivity contribution >= 4 is 15.7 Å². The van der Waals surface area contributed by atoms with Gasteiger partial charge >= 0.3 is 0 Å². The number of hydrogen-bond acceptors (Lipinski definition) is 2. The average Bonchev–Trinajstić information content (AvgIpc) is 2.73. The van der Waals surface area contributed by atoms with E-state index in [9.17, 15) is 8.42 Å². The van der Waals surface area contributed by atoms with Crippen molar-refractivity contribution in [2.75, 3.05) is 4.31 Å². The zero-order valence-electron chi connectivity index (χ0n) is 17.1. The van der Waals surface area contributed by atoms with E-state index >= 15 is 0 Å². The minimum absolute atomic E-state index is 0.232. The fourth-order valence-corrected chi connectivity index (χ4v) is 6.01. The molecule has 0 amide bonds. The van der Waals surface area contributed by atoms with Crippen LogP contribution in [0.2, 0.25) is 0 Å². The number of sulfonamides is 1. The van der Waals surface area contributed by atoms with Gasteiger partial charge in [0.2, 0.25) is 0 Å². The topological polar surface area (TPSA) is 37.4 Å². The highest BCUT2D eigenvalue weighted by Crippen LogP contribution is 2.49. The molecule has 29 heavy (non-hydrogen) atoms. The molecule has 0 radical (unpaired) electrons. The summed E-state index contributed by atoms with van der Waals surface area (Å²) < 4.78 is 29.3. The third kappa shape index (κ3) is 3.58. The molecular weight excluding hydrogens is 378 g/mol. The molecule has 150 valence electrons. The van der Waals surface area contributed by atoms with E-state index in [0.29, 0.717) is 16.7 Å². The number of para-hydroxylation sites is 1. The molecule has 4 rings (SSSR count). The molecule has 3 aromatic rings. The van der Waals surface area contributed by atoms with E-state index in [2.05, 4.69) is 19.9 Å². The number of nitrogens with zero attached hydrogens (tertiary/aromatic N) is 1. The molecule has 0 fully saturated rings. The van der Waals surface area contributed by atoms with Gasteiger partial charge in [-0.25, -0.2) is 8.42 Å². The highest BCUT2D eigenvalue weighted by molar-refractivity contribution is 7.92.